The third kappa shape index (κ3) is 8.38. The second-order valence-electron chi connectivity index (χ2n) is 8.64. The van der Waals surface area contributed by atoms with Gasteiger partial charge in [0, 0.05) is 13.1 Å². The summed E-state index contributed by atoms with van der Waals surface area (Å²) >= 11 is 0. The molecule has 0 saturated carbocycles. The van der Waals surface area contributed by atoms with Gasteiger partial charge in [-0.3, -0.25) is 13.9 Å². The number of benzene rings is 2. The third-order valence-corrected chi connectivity index (χ3v) is 7.15. The fourth-order valence-electron chi connectivity index (χ4n) is 4.05. The first-order valence-electron chi connectivity index (χ1n) is 12.4. The minimum Gasteiger partial charge on any atom is -0.354 e. The molecule has 0 aliphatic carbocycles. The average molecular weight is 502 g/mol. The van der Waals surface area contributed by atoms with E-state index in [0.29, 0.717) is 38.0 Å². The van der Waals surface area contributed by atoms with Crippen molar-refractivity contribution in [2.24, 2.45) is 0 Å². The summed E-state index contributed by atoms with van der Waals surface area (Å²) in [5.41, 5.74) is 2.38. The number of nitrogens with zero attached hydrogens (tertiary/aromatic N) is 2. The van der Waals surface area contributed by atoms with Gasteiger partial charge in [-0.2, -0.15) is 0 Å². The summed E-state index contributed by atoms with van der Waals surface area (Å²) in [7, 11) is -3.73. The fourth-order valence-corrected chi connectivity index (χ4v) is 4.93. The molecule has 0 fully saturated rings. The SMILES string of the molecule is CCCCNC(=O)[C@H](CC)N(CCc1ccccc1)C(=O)CN(c1ccccc1CC)S(C)(=O)=O. The molecule has 0 saturated heterocycles. The predicted octanol–water partition coefficient (Wildman–Crippen LogP) is 3.78. The molecule has 7 nitrogen and oxygen atoms in total. The number of carbonyl (C=O) groups is 2. The first kappa shape index (κ1) is 28.4. The molecule has 8 heteroatoms. The van der Waals surface area contributed by atoms with Crippen molar-refractivity contribution in [3.63, 3.8) is 0 Å². The van der Waals surface area contributed by atoms with Gasteiger partial charge >= 0.3 is 0 Å². The molecule has 0 radical (unpaired) electrons. The molecule has 2 amide bonds. The third-order valence-electron chi connectivity index (χ3n) is 6.02. The van der Waals surface area contributed by atoms with Gasteiger partial charge in [0.2, 0.25) is 21.8 Å². The minimum atomic E-state index is -3.73. The summed E-state index contributed by atoms with van der Waals surface area (Å²) in [5.74, 6) is -0.600. The van der Waals surface area contributed by atoms with Gasteiger partial charge in [-0.05, 0) is 42.9 Å². The van der Waals surface area contributed by atoms with E-state index >= 15 is 0 Å². The van der Waals surface area contributed by atoms with Crippen LogP contribution in [0.4, 0.5) is 5.69 Å². The van der Waals surface area contributed by atoms with Crippen LogP contribution in [0.1, 0.15) is 51.2 Å². The molecule has 0 aliphatic heterocycles. The molecule has 0 aromatic heterocycles. The van der Waals surface area contributed by atoms with Crippen LogP contribution in [0.15, 0.2) is 54.6 Å². The second kappa shape index (κ2) is 13.9. The van der Waals surface area contributed by atoms with Crippen LogP contribution in [0, 0.1) is 0 Å². The summed E-state index contributed by atoms with van der Waals surface area (Å²) in [6, 6.07) is 16.3. The zero-order valence-electron chi connectivity index (χ0n) is 21.4. The molecule has 2 aromatic rings. The maximum atomic E-state index is 13.7. The van der Waals surface area contributed by atoms with Crippen LogP contribution in [-0.2, 0) is 32.5 Å². The fraction of sp³-hybridized carbons (Fsp3) is 0.481. The van der Waals surface area contributed by atoms with Crippen molar-refractivity contribution in [2.75, 3.05) is 30.2 Å². The Labute approximate surface area is 210 Å². The van der Waals surface area contributed by atoms with Gasteiger partial charge in [0.1, 0.15) is 12.6 Å². The van der Waals surface area contributed by atoms with Crippen LogP contribution < -0.4 is 9.62 Å². The molecule has 1 N–H and O–H groups in total. The first-order valence-corrected chi connectivity index (χ1v) is 14.2. The largest absolute Gasteiger partial charge is 0.354 e. The van der Waals surface area contributed by atoms with Crippen molar-refractivity contribution in [3.05, 3.63) is 65.7 Å². The van der Waals surface area contributed by atoms with E-state index in [2.05, 4.69) is 5.32 Å². The lowest BCUT2D eigenvalue weighted by atomic mass is 10.1. The Morgan fingerprint density at radius 2 is 1.63 bits per heavy atom. The summed E-state index contributed by atoms with van der Waals surface area (Å²) in [6.07, 6.45) is 4.55. The molecule has 1 atom stereocenters. The van der Waals surface area contributed by atoms with E-state index in [1.807, 2.05) is 63.2 Å². The molecule has 0 bridgehead atoms. The zero-order chi connectivity index (χ0) is 25.8. The molecule has 0 heterocycles. The van der Waals surface area contributed by atoms with Crippen LogP contribution in [-0.4, -0.2) is 57.1 Å². The van der Waals surface area contributed by atoms with E-state index in [1.54, 1.807) is 17.0 Å². The number of unbranched alkanes of at least 4 members (excludes halogenated alkanes) is 1. The molecule has 0 unspecified atom stereocenters. The van der Waals surface area contributed by atoms with Crippen LogP contribution in [0.25, 0.3) is 0 Å². The van der Waals surface area contributed by atoms with Gasteiger partial charge in [-0.25, -0.2) is 8.42 Å². The van der Waals surface area contributed by atoms with E-state index in [-0.39, 0.29) is 12.5 Å². The van der Waals surface area contributed by atoms with Crippen molar-refractivity contribution >= 4 is 27.5 Å². The van der Waals surface area contributed by atoms with E-state index in [9.17, 15) is 18.0 Å². The molecule has 0 spiro atoms. The minimum absolute atomic E-state index is 0.206. The predicted molar refractivity (Wildman–Crippen MR) is 142 cm³/mol. The Hall–Kier alpha value is -2.87. The van der Waals surface area contributed by atoms with Crippen LogP contribution in [0.5, 0.6) is 0 Å². The van der Waals surface area contributed by atoms with Gasteiger partial charge in [0.15, 0.2) is 0 Å². The number of nitrogens with one attached hydrogen (secondary N) is 1. The van der Waals surface area contributed by atoms with E-state index in [0.717, 1.165) is 34.5 Å². The molecule has 192 valence electrons. The molecule has 35 heavy (non-hydrogen) atoms. The highest BCUT2D eigenvalue weighted by Crippen LogP contribution is 2.24. The number of rotatable bonds is 14. The number of hydrogen-bond donors (Lipinski definition) is 1. The first-order chi connectivity index (χ1) is 16.7. The van der Waals surface area contributed by atoms with Gasteiger partial charge in [-0.15, -0.1) is 0 Å². The molecular weight excluding hydrogens is 462 g/mol. The zero-order valence-corrected chi connectivity index (χ0v) is 22.2. The van der Waals surface area contributed by atoms with Crippen LogP contribution in [0.2, 0.25) is 0 Å². The standard InChI is InChI=1S/C27H39N3O4S/c1-5-8-19-28-27(32)24(7-3)29(20-18-22-14-10-9-11-15-22)26(31)21-30(35(4,33)34)25-17-13-12-16-23(25)6-2/h9-17,24H,5-8,18-21H2,1-4H3,(H,28,32)/t24-/m0/s1. The summed E-state index contributed by atoms with van der Waals surface area (Å²) in [5, 5.41) is 2.94. The Balaban J connectivity index is 2.36. The van der Waals surface area contributed by atoms with Crippen molar-refractivity contribution in [1.29, 1.82) is 0 Å². The van der Waals surface area contributed by atoms with E-state index in [1.165, 1.54) is 0 Å². The van der Waals surface area contributed by atoms with Gasteiger partial charge in [0.05, 0.1) is 11.9 Å². The summed E-state index contributed by atoms with van der Waals surface area (Å²) in [4.78, 5) is 28.2. The maximum absolute atomic E-state index is 13.7. The molecule has 2 aromatic carbocycles. The lowest BCUT2D eigenvalue weighted by Crippen LogP contribution is -2.53. The number of para-hydroxylation sites is 1. The quantitative estimate of drug-likeness (QED) is 0.399. The maximum Gasteiger partial charge on any atom is 0.244 e. The molecule has 2 rings (SSSR count). The van der Waals surface area contributed by atoms with Crippen molar-refractivity contribution in [3.8, 4) is 0 Å². The average Bonchev–Trinajstić information content (AvgIpc) is 2.84. The monoisotopic (exact) mass is 501 g/mol. The number of amides is 2. The number of aryl methyl sites for hydroxylation is 1. The van der Waals surface area contributed by atoms with Crippen molar-refractivity contribution in [2.45, 2.75) is 58.9 Å². The van der Waals surface area contributed by atoms with Gasteiger partial charge < -0.3 is 10.2 Å². The second-order valence-corrected chi connectivity index (χ2v) is 10.6. The Morgan fingerprint density at radius 1 is 0.971 bits per heavy atom. The number of sulfonamides is 1. The Kier molecular flexibility index (Phi) is 11.2. The highest BCUT2D eigenvalue weighted by molar-refractivity contribution is 7.92. The van der Waals surface area contributed by atoms with Crippen molar-refractivity contribution < 1.29 is 18.0 Å². The topological polar surface area (TPSA) is 86.8 Å². The summed E-state index contributed by atoms with van der Waals surface area (Å²) in [6.45, 7) is 6.37. The van der Waals surface area contributed by atoms with Crippen LogP contribution in [0.3, 0.4) is 0 Å². The lowest BCUT2D eigenvalue weighted by molar-refractivity contribution is -0.139. The highest BCUT2D eigenvalue weighted by atomic mass is 32.2. The van der Waals surface area contributed by atoms with E-state index < -0.39 is 22.0 Å². The summed E-state index contributed by atoms with van der Waals surface area (Å²) < 4.78 is 26.7. The highest BCUT2D eigenvalue weighted by Gasteiger charge is 2.31. The van der Waals surface area contributed by atoms with Gasteiger partial charge in [0.25, 0.3) is 0 Å². The number of hydrogen-bond acceptors (Lipinski definition) is 4. The smallest absolute Gasteiger partial charge is 0.244 e. The van der Waals surface area contributed by atoms with Crippen LogP contribution >= 0.6 is 0 Å². The number of carbonyl (C=O) groups excluding carboxylic acids is 2. The van der Waals surface area contributed by atoms with E-state index in [4.69, 9.17) is 0 Å². The van der Waals surface area contributed by atoms with Gasteiger partial charge in [-0.1, -0.05) is 75.7 Å². The molecule has 0 aliphatic rings. The lowest BCUT2D eigenvalue weighted by Gasteiger charge is -2.33. The Bertz CT molecular complexity index is 1060. The van der Waals surface area contributed by atoms with Crippen molar-refractivity contribution in [1.82, 2.24) is 10.2 Å². The number of anilines is 1. The normalized spacial score (nSPS) is 12.1. The molecular formula is C27H39N3O4S. The Morgan fingerprint density at radius 3 is 2.23 bits per heavy atom.